The van der Waals surface area contributed by atoms with Crippen molar-refractivity contribution < 1.29 is 21.2 Å². The van der Waals surface area contributed by atoms with Crippen LogP contribution in [0.4, 0.5) is 10.1 Å². The SMILES string of the molecule is CS(=O)(=O)Nc1ccc(C2=NN(S(C)(=O)=O)[C@H](c3ccccc3F)C2)cc1. The van der Waals surface area contributed by atoms with Crippen molar-refractivity contribution in [1.29, 1.82) is 0 Å². The predicted octanol–water partition coefficient (Wildman–Crippen LogP) is 2.31. The van der Waals surface area contributed by atoms with Crippen LogP contribution < -0.4 is 4.72 Å². The lowest BCUT2D eigenvalue weighted by molar-refractivity contribution is 0.365. The second-order valence-electron chi connectivity index (χ2n) is 6.28. The van der Waals surface area contributed by atoms with Crippen molar-refractivity contribution in [2.24, 2.45) is 5.10 Å². The van der Waals surface area contributed by atoms with Gasteiger partial charge in [0.1, 0.15) is 5.82 Å². The molecular weight excluding hydrogens is 393 g/mol. The van der Waals surface area contributed by atoms with E-state index in [9.17, 15) is 21.2 Å². The fraction of sp³-hybridized carbons (Fsp3) is 0.235. The Labute approximate surface area is 157 Å². The molecule has 2 aromatic rings. The fourth-order valence-electron chi connectivity index (χ4n) is 2.89. The summed E-state index contributed by atoms with van der Waals surface area (Å²) in [5.74, 6) is -0.500. The van der Waals surface area contributed by atoms with E-state index in [0.29, 0.717) is 17.0 Å². The van der Waals surface area contributed by atoms with E-state index in [1.54, 1.807) is 30.3 Å². The summed E-state index contributed by atoms with van der Waals surface area (Å²) in [4.78, 5) is 0. The molecule has 0 fully saturated rings. The van der Waals surface area contributed by atoms with Gasteiger partial charge in [0.15, 0.2) is 0 Å². The summed E-state index contributed by atoms with van der Waals surface area (Å²) in [6.45, 7) is 0. The number of rotatable bonds is 5. The maximum absolute atomic E-state index is 14.2. The first kappa shape index (κ1) is 19.3. The van der Waals surface area contributed by atoms with Crippen LogP contribution in [0.25, 0.3) is 0 Å². The molecule has 1 aliphatic heterocycles. The van der Waals surface area contributed by atoms with Gasteiger partial charge in [0.2, 0.25) is 20.0 Å². The average molecular weight is 411 g/mol. The highest BCUT2D eigenvalue weighted by atomic mass is 32.2. The van der Waals surface area contributed by atoms with E-state index in [0.717, 1.165) is 16.9 Å². The molecule has 1 N–H and O–H groups in total. The van der Waals surface area contributed by atoms with Crippen molar-refractivity contribution in [3.05, 3.63) is 65.5 Å². The monoisotopic (exact) mass is 411 g/mol. The molecule has 0 unspecified atom stereocenters. The Bertz CT molecular complexity index is 1100. The summed E-state index contributed by atoms with van der Waals surface area (Å²) in [6.07, 6.45) is 2.27. The molecule has 0 aliphatic carbocycles. The first-order valence-electron chi connectivity index (χ1n) is 7.94. The van der Waals surface area contributed by atoms with E-state index in [2.05, 4.69) is 9.82 Å². The molecule has 1 heterocycles. The largest absolute Gasteiger partial charge is 0.284 e. The number of nitrogens with one attached hydrogen (secondary N) is 1. The minimum atomic E-state index is -3.70. The Hall–Kier alpha value is -2.46. The molecule has 7 nitrogen and oxygen atoms in total. The summed E-state index contributed by atoms with van der Waals surface area (Å²) in [6, 6.07) is 11.6. The van der Waals surface area contributed by atoms with Crippen molar-refractivity contribution >= 4 is 31.4 Å². The average Bonchev–Trinajstić information content (AvgIpc) is 3.00. The van der Waals surface area contributed by atoms with Crippen molar-refractivity contribution in [3.8, 4) is 0 Å². The molecule has 144 valence electrons. The molecular formula is C17H18FN3O4S2. The van der Waals surface area contributed by atoms with Gasteiger partial charge in [-0.05, 0) is 23.8 Å². The molecule has 10 heteroatoms. The van der Waals surface area contributed by atoms with E-state index >= 15 is 0 Å². The number of benzene rings is 2. The Morgan fingerprint density at radius 1 is 1.04 bits per heavy atom. The normalized spacial score (nSPS) is 17.7. The number of halogens is 1. The number of anilines is 1. The van der Waals surface area contributed by atoms with Crippen molar-refractivity contribution in [2.45, 2.75) is 12.5 Å². The summed E-state index contributed by atoms with van der Waals surface area (Å²) in [5.41, 5.74) is 1.73. The highest BCUT2D eigenvalue weighted by Gasteiger charge is 2.35. The van der Waals surface area contributed by atoms with E-state index in [-0.39, 0.29) is 12.0 Å². The van der Waals surface area contributed by atoms with Crippen LogP contribution in [-0.2, 0) is 20.0 Å². The van der Waals surface area contributed by atoms with Gasteiger partial charge in [0, 0.05) is 17.7 Å². The molecule has 0 saturated heterocycles. The van der Waals surface area contributed by atoms with Crippen LogP contribution in [0.5, 0.6) is 0 Å². The van der Waals surface area contributed by atoms with Crippen LogP contribution in [0.15, 0.2) is 53.6 Å². The Kier molecular flexibility index (Phi) is 4.96. The first-order valence-corrected chi connectivity index (χ1v) is 11.7. The molecule has 1 atom stereocenters. The maximum atomic E-state index is 14.2. The van der Waals surface area contributed by atoms with Crippen LogP contribution >= 0.6 is 0 Å². The van der Waals surface area contributed by atoms with Gasteiger partial charge >= 0.3 is 0 Å². The molecule has 0 aromatic heterocycles. The summed E-state index contributed by atoms with van der Waals surface area (Å²) in [7, 11) is -7.10. The second kappa shape index (κ2) is 6.93. The highest BCUT2D eigenvalue weighted by Crippen LogP contribution is 2.35. The lowest BCUT2D eigenvalue weighted by Crippen LogP contribution is -2.26. The van der Waals surface area contributed by atoms with E-state index in [1.165, 1.54) is 18.2 Å². The number of sulfonamides is 2. The predicted molar refractivity (Wildman–Crippen MR) is 102 cm³/mol. The molecule has 27 heavy (non-hydrogen) atoms. The van der Waals surface area contributed by atoms with Crippen LogP contribution in [-0.4, -0.2) is 39.5 Å². The number of hydrazone groups is 1. The van der Waals surface area contributed by atoms with Gasteiger partial charge < -0.3 is 0 Å². The van der Waals surface area contributed by atoms with Gasteiger partial charge in [-0.3, -0.25) is 4.72 Å². The van der Waals surface area contributed by atoms with Crippen molar-refractivity contribution in [1.82, 2.24) is 4.41 Å². The minimum absolute atomic E-state index is 0.201. The number of hydrogen-bond donors (Lipinski definition) is 1. The van der Waals surface area contributed by atoms with Gasteiger partial charge in [-0.25, -0.2) is 21.2 Å². The topological polar surface area (TPSA) is 95.9 Å². The zero-order valence-electron chi connectivity index (χ0n) is 14.6. The maximum Gasteiger partial charge on any atom is 0.247 e. The molecule has 0 radical (unpaired) electrons. The third kappa shape index (κ3) is 4.45. The van der Waals surface area contributed by atoms with Crippen LogP contribution in [0.3, 0.4) is 0 Å². The van der Waals surface area contributed by atoms with E-state index in [4.69, 9.17) is 0 Å². The molecule has 3 rings (SSSR count). The highest BCUT2D eigenvalue weighted by molar-refractivity contribution is 7.92. The third-order valence-corrected chi connectivity index (χ3v) is 5.62. The zero-order chi connectivity index (χ0) is 19.8. The molecule has 1 aliphatic rings. The summed E-state index contributed by atoms with van der Waals surface area (Å²) in [5, 5.41) is 4.19. The van der Waals surface area contributed by atoms with Crippen LogP contribution in [0.2, 0.25) is 0 Å². The van der Waals surface area contributed by atoms with Crippen molar-refractivity contribution in [2.75, 3.05) is 17.2 Å². The lowest BCUT2D eigenvalue weighted by atomic mass is 9.99. The Morgan fingerprint density at radius 2 is 1.67 bits per heavy atom. The standard InChI is InChI=1S/C17H18FN3O4S2/c1-26(22,23)20-13-9-7-12(8-10-13)16-11-17(21(19-16)27(2,24)25)14-5-3-4-6-15(14)18/h3-10,17,20H,11H2,1-2H3/t17-/m0/s1. The molecule has 0 spiro atoms. The van der Waals surface area contributed by atoms with Crippen LogP contribution in [0, 0.1) is 5.82 Å². The molecule has 0 saturated carbocycles. The Balaban J connectivity index is 1.94. The minimum Gasteiger partial charge on any atom is -0.284 e. The quantitative estimate of drug-likeness (QED) is 0.817. The molecule has 0 bridgehead atoms. The number of hydrogen-bond acceptors (Lipinski definition) is 5. The molecule has 2 aromatic carbocycles. The second-order valence-corrected chi connectivity index (χ2v) is 9.86. The third-order valence-electron chi connectivity index (χ3n) is 4.00. The van der Waals surface area contributed by atoms with Gasteiger partial charge in [0.05, 0.1) is 24.3 Å². The summed E-state index contributed by atoms with van der Waals surface area (Å²) < 4.78 is 64.3. The van der Waals surface area contributed by atoms with Gasteiger partial charge in [-0.15, -0.1) is 0 Å². The summed E-state index contributed by atoms with van der Waals surface area (Å²) >= 11 is 0. The van der Waals surface area contributed by atoms with Crippen molar-refractivity contribution in [3.63, 3.8) is 0 Å². The lowest BCUT2D eigenvalue weighted by Gasteiger charge is -2.21. The Morgan fingerprint density at radius 3 is 2.22 bits per heavy atom. The van der Waals surface area contributed by atoms with Gasteiger partial charge in [-0.1, -0.05) is 30.3 Å². The van der Waals surface area contributed by atoms with E-state index in [1.807, 2.05) is 0 Å². The van der Waals surface area contributed by atoms with Crippen LogP contribution in [0.1, 0.15) is 23.6 Å². The zero-order valence-corrected chi connectivity index (χ0v) is 16.3. The smallest absolute Gasteiger partial charge is 0.247 e. The fourth-order valence-corrected chi connectivity index (χ4v) is 4.35. The molecule has 0 amide bonds. The number of nitrogens with zero attached hydrogens (tertiary/aromatic N) is 2. The first-order chi connectivity index (χ1) is 12.5. The van der Waals surface area contributed by atoms with Gasteiger partial charge in [0.25, 0.3) is 0 Å². The van der Waals surface area contributed by atoms with Gasteiger partial charge in [-0.2, -0.15) is 9.52 Å². The van der Waals surface area contributed by atoms with E-state index < -0.39 is 31.9 Å².